The number of piperazine rings is 1. The summed E-state index contributed by atoms with van der Waals surface area (Å²) in [4.78, 5) is 16.4. The normalized spacial score (nSPS) is 14.6. The zero-order valence-electron chi connectivity index (χ0n) is 20.7. The van der Waals surface area contributed by atoms with Crippen molar-refractivity contribution in [1.82, 2.24) is 9.21 Å². The number of anilines is 1. The maximum atomic E-state index is 13.6. The first-order valence-electron chi connectivity index (χ1n) is 12.1. The highest BCUT2D eigenvalue weighted by Crippen LogP contribution is 2.32. The van der Waals surface area contributed by atoms with Gasteiger partial charge in [-0.15, -0.1) is 0 Å². The van der Waals surface area contributed by atoms with Crippen molar-refractivity contribution in [3.05, 3.63) is 94.0 Å². The predicted molar refractivity (Wildman–Crippen MR) is 146 cm³/mol. The molecule has 6 nitrogen and oxygen atoms in total. The van der Waals surface area contributed by atoms with E-state index in [9.17, 15) is 26.4 Å². The first-order valence-corrected chi connectivity index (χ1v) is 14.3. The number of amides is 1. The van der Waals surface area contributed by atoms with Crippen molar-refractivity contribution in [3.8, 4) is 0 Å². The second-order valence-electron chi connectivity index (χ2n) is 9.06. The summed E-state index contributed by atoms with van der Waals surface area (Å²) in [5.41, 5.74) is 0.578. The number of halogens is 5. The van der Waals surface area contributed by atoms with Crippen LogP contribution in [0.5, 0.6) is 0 Å². The van der Waals surface area contributed by atoms with Crippen molar-refractivity contribution in [2.24, 2.45) is 0 Å². The van der Waals surface area contributed by atoms with Crippen LogP contribution >= 0.6 is 23.2 Å². The van der Waals surface area contributed by atoms with Gasteiger partial charge < -0.3 is 9.80 Å². The summed E-state index contributed by atoms with van der Waals surface area (Å²) in [6.45, 7) is 0.708. The van der Waals surface area contributed by atoms with Gasteiger partial charge in [0.1, 0.15) is 4.90 Å². The number of hydrogen-bond acceptors (Lipinski definition) is 4. The molecule has 0 radical (unpaired) electrons. The van der Waals surface area contributed by atoms with Crippen LogP contribution in [0.1, 0.15) is 11.1 Å². The van der Waals surface area contributed by atoms with Gasteiger partial charge in [-0.05, 0) is 48.4 Å². The average Bonchev–Trinajstić information content (AvgIpc) is 2.92. The fourth-order valence-electron chi connectivity index (χ4n) is 4.34. The van der Waals surface area contributed by atoms with Gasteiger partial charge in [0.2, 0.25) is 15.9 Å². The molecule has 4 rings (SSSR count). The smallest absolute Gasteiger partial charge is 0.368 e. The van der Waals surface area contributed by atoms with Crippen LogP contribution < -0.4 is 4.90 Å². The van der Waals surface area contributed by atoms with E-state index in [0.29, 0.717) is 25.2 Å². The predicted octanol–water partition coefficient (Wildman–Crippen LogP) is 5.59. The fraction of sp³-hybridized carbons (Fsp3) is 0.296. The fourth-order valence-corrected chi connectivity index (χ4v) is 6.47. The van der Waals surface area contributed by atoms with Crippen LogP contribution in [0, 0.1) is 0 Å². The summed E-state index contributed by atoms with van der Waals surface area (Å²) < 4.78 is 67.7. The van der Waals surface area contributed by atoms with Gasteiger partial charge in [0, 0.05) is 43.4 Å². The van der Waals surface area contributed by atoms with Crippen LogP contribution in [0.2, 0.25) is 10.0 Å². The maximum absolute atomic E-state index is 13.6. The van der Waals surface area contributed by atoms with Crippen molar-refractivity contribution < 1.29 is 26.4 Å². The van der Waals surface area contributed by atoms with E-state index in [4.69, 9.17) is 23.2 Å². The minimum absolute atomic E-state index is 0.00809. The molecule has 1 heterocycles. The molecule has 208 valence electrons. The van der Waals surface area contributed by atoms with Crippen LogP contribution in [0.25, 0.3) is 0 Å². The lowest BCUT2D eigenvalue weighted by Crippen LogP contribution is -2.52. The van der Waals surface area contributed by atoms with Crippen LogP contribution in [-0.4, -0.2) is 62.8 Å². The third-order valence-electron chi connectivity index (χ3n) is 6.49. The first kappa shape index (κ1) is 29.2. The van der Waals surface area contributed by atoms with Crippen LogP contribution in [-0.2, 0) is 27.4 Å². The second kappa shape index (κ2) is 12.2. The van der Waals surface area contributed by atoms with Gasteiger partial charge in [0.15, 0.2) is 0 Å². The number of rotatable bonds is 8. The lowest BCUT2D eigenvalue weighted by Gasteiger charge is -2.37. The van der Waals surface area contributed by atoms with Gasteiger partial charge in [-0.1, -0.05) is 59.6 Å². The summed E-state index contributed by atoms with van der Waals surface area (Å²) in [5.74, 6) is -0.409. The standard InChI is InChI=1S/C27H26Cl2F3N3O3S/c28-22-9-10-24(29)25(18-22)39(37,38)35(12-11-20-5-2-1-3-6-20)19-26(36)34-15-13-33(14-16-34)23-8-4-7-21(17-23)27(30,31)32/h1-10,17-18H,11-16,19H2. The largest absolute Gasteiger partial charge is 0.416 e. The molecule has 3 aromatic rings. The molecule has 1 fully saturated rings. The van der Waals surface area contributed by atoms with Gasteiger partial charge in [0.25, 0.3) is 0 Å². The van der Waals surface area contributed by atoms with E-state index in [1.54, 1.807) is 11.0 Å². The SMILES string of the molecule is O=C(CN(CCc1ccccc1)S(=O)(=O)c1cc(Cl)ccc1Cl)N1CCN(c2cccc(C(F)(F)F)c2)CC1. The minimum Gasteiger partial charge on any atom is -0.368 e. The highest BCUT2D eigenvalue weighted by atomic mass is 35.5. The zero-order valence-corrected chi connectivity index (χ0v) is 23.1. The van der Waals surface area contributed by atoms with Crippen molar-refractivity contribution >= 4 is 44.8 Å². The van der Waals surface area contributed by atoms with Gasteiger partial charge in [-0.3, -0.25) is 4.79 Å². The molecule has 39 heavy (non-hydrogen) atoms. The number of carbonyl (C=O) groups is 1. The zero-order chi connectivity index (χ0) is 28.2. The second-order valence-corrected chi connectivity index (χ2v) is 11.8. The average molecular weight is 600 g/mol. The summed E-state index contributed by atoms with van der Waals surface area (Å²) in [6.07, 6.45) is -4.08. The number of nitrogens with zero attached hydrogens (tertiary/aromatic N) is 3. The monoisotopic (exact) mass is 599 g/mol. The molecule has 0 bridgehead atoms. The Bertz CT molecular complexity index is 1410. The Kier molecular flexibility index (Phi) is 9.10. The van der Waals surface area contributed by atoms with Crippen molar-refractivity contribution in [3.63, 3.8) is 0 Å². The Hall–Kier alpha value is -2.79. The molecule has 1 aliphatic heterocycles. The number of benzene rings is 3. The van der Waals surface area contributed by atoms with Crippen LogP contribution in [0.4, 0.5) is 18.9 Å². The number of alkyl halides is 3. The highest BCUT2D eigenvalue weighted by Gasteiger charge is 2.33. The number of hydrogen-bond donors (Lipinski definition) is 0. The van der Waals surface area contributed by atoms with Crippen molar-refractivity contribution in [2.75, 3.05) is 44.2 Å². The Balaban J connectivity index is 1.48. The van der Waals surface area contributed by atoms with Gasteiger partial charge >= 0.3 is 6.18 Å². The molecule has 0 unspecified atom stereocenters. The molecule has 0 spiro atoms. The summed E-state index contributed by atoms with van der Waals surface area (Å²) in [7, 11) is -4.18. The summed E-state index contributed by atoms with van der Waals surface area (Å²) >= 11 is 12.2. The minimum atomic E-state index is -4.45. The third kappa shape index (κ3) is 7.25. The van der Waals surface area contributed by atoms with Gasteiger partial charge in [-0.25, -0.2) is 8.42 Å². The van der Waals surface area contributed by atoms with E-state index in [1.807, 2.05) is 30.3 Å². The van der Waals surface area contributed by atoms with Crippen LogP contribution in [0.3, 0.4) is 0 Å². The van der Waals surface area contributed by atoms with Crippen LogP contribution in [0.15, 0.2) is 77.7 Å². The first-order chi connectivity index (χ1) is 18.4. The molecule has 0 aromatic heterocycles. The van der Waals surface area contributed by atoms with E-state index >= 15 is 0 Å². The molecular formula is C27H26Cl2F3N3O3S. The molecule has 1 saturated heterocycles. The molecule has 0 aliphatic carbocycles. The molecule has 3 aromatic carbocycles. The Morgan fingerprint density at radius 1 is 0.897 bits per heavy atom. The topological polar surface area (TPSA) is 60.9 Å². The molecule has 0 atom stereocenters. The summed E-state index contributed by atoms with van der Waals surface area (Å²) in [6, 6.07) is 18.5. The Morgan fingerprint density at radius 2 is 1.59 bits per heavy atom. The van der Waals surface area contributed by atoms with E-state index in [-0.39, 0.29) is 34.6 Å². The van der Waals surface area contributed by atoms with E-state index in [0.717, 1.165) is 22.0 Å². The van der Waals surface area contributed by atoms with E-state index in [1.165, 1.54) is 29.2 Å². The van der Waals surface area contributed by atoms with Crippen molar-refractivity contribution in [2.45, 2.75) is 17.5 Å². The number of carbonyl (C=O) groups excluding carboxylic acids is 1. The maximum Gasteiger partial charge on any atom is 0.416 e. The quantitative estimate of drug-likeness (QED) is 0.338. The van der Waals surface area contributed by atoms with E-state index in [2.05, 4.69) is 0 Å². The Labute approximate surface area is 235 Å². The molecule has 1 amide bonds. The molecule has 12 heteroatoms. The third-order valence-corrected chi connectivity index (χ3v) is 9.05. The van der Waals surface area contributed by atoms with Gasteiger partial charge in [0.05, 0.1) is 17.1 Å². The molecule has 0 N–H and O–H groups in total. The van der Waals surface area contributed by atoms with E-state index < -0.39 is 34.2 Å². The molecular weight excluding hydrogens is 574 g/mol. The molecule has 0 saturated carbocycles. The lowest BCUT2D eigenvalue weighted by molar-refractivity contribution is -0.137. The Morgan fingerprint density at radius 3 is 2.26 bits per heavy atom. The highest BCUT2D eigenvalue weighted by molar-refractivity contribution is 7.89. The lowest BCUT2D eigenvalue weighted by atomic mass is 10.1. The number of sulfonamides is 1. The molecule has 1 aliphatic rings. The van der Waals surface area contributed by atoms with Crippen molar-refractivity contribution in [1.29, 1.82) is 0 Å². The summed E-state index contributed by atoms with van der Waals surface area (Å²) in [5, 5.41) is 0.185. The van der Waals surface area contributed by atoms with Gasteiger partial charge in [-0.2, -0.15) is 17.5 Å².